The normalized spacial score (nSPS) is 20.3. The second-order valence-electron chi connectivity index (χ2n) is 6.91. The van der Waals surface area contributed by atoms with Crippen LogP contribution in [0.1, 0.15) is 43.1 Å². The zero-order valence-corrected chi connectivity index (χ0v) is 14.0. The van der Waals surface area contributed by atoms with Crippen molar-refractivity contribution in [3.63, 3.8) is 0 Å². The molecule has 1 heterocycles. The molecule has 3 rings (SSSR count). The van der Waals surface area contributed by atoms with Crippen molar-refractivity contribution < 1.29 is 4.79 Å². The number of amides is 1. The largest absolute Gasteiger partial charge is 0.344 e. The van der Waals surface area contributed by atoms with E-state index in [-0.39, 0.29) is 11.6 Å². The molecular weight excluding hydrogens is 284 g/mol. The Labute approximate surface area is 138 Å². The van der Waals surface area contributed by atoms with Crippen molar-refractivity contribution in [3.05, 3.63) is 65.7 Å². The predicted octanol–water partition coefficient (Wildman–Crippen LogP) is 4.20. The number of carbonyl (C=O) groups excluding carboxylic acids is 1. The summed E-state index contributed by atoms with van der Waals surface area (Å²) in [5.74, 6) is 0.511. The molecule has 2 aromatic rings. The van der Waals surface area contributed by atoms with Crippen LogP contribution < -0.4 is 10.2 Å². The number of benzene rings is 2. The van der Waals surface area contributed by atoms with Crippen molar-refractivity contribution in [2.24, 2.45) is 5.92 Å². The Morgan fingerprint density at radius 3 is 2.39 bits per heavy atom. The lowest BCUT2D eigenvalue weighted by Crippen LogP contribution is -2.62. The first-order chi connectivity index (χ1) is 11.0. The Bertz CT molecular complexity index is 696. The smallest absolute Gasteiger partial charge is 0.255 e. The summed E-state index contributed by atoms with van der Waals surface area (Å²) in [7, 11) is 0. The van der Waals surface area contributed by atoms with Crippen LogP contribution in [0.5, 0.6) is 0 Å². The highest BCUT2D eigenvalue weighted by Crippen LogP contribution is 2.35. The van der Waals surface area contributed by atoms with E-state index >= 15 is 0 Å². The highest BCUT2D eigenvalue weighted by atomic mass is 16.2. The monoisotopic (exact) mass is 308 g/mol. The summed E-state index contributed by atoms with van der Waals surface area (Å²) in [5.41, 5.74) is 2.64. The van der Waals surface area contributed by atoms with Gasteiger partial charge in [0.2, 0.25) is 0 Å². The quantitative estimate of drug-likeness (QED) is 0.918. The molecule has 3 heteroatoms. The number of fused-ring (bicyclic) bond motifs is 1. The van der Waals surface area contributed by atoms with Crippen molar-refractivity contribution in [3.8, 4) is 0 Å². The van der Waals surface area contributed by atoms with Crippen LogP contribution in [-0.2, 0) is 6.54 Å². The van der Waals surface area contributed by atoms with Crippen LogP contribution >= 0.6 is 0 Å². The lowest BCUT2D eigenvalue weighted by Gasteiger charge is -2.48. The van der Waals surface area contributed by atoms with E-state index in [0.29, 0.717) is 5.92 Å². The maximum absolute atomic E-state index is 12.5. The summed E-state index contributed by atoms with van der Waals surface area (Å²) >= 11 is 0. The number of nitrogens with one attached hydrogen (secondary N) is 1. The maximum Gasteiger partial charge on any atom is 0.255 e. The molecule has 0 saturated heterocycles. The Morgan fingerprint density at radius 1 is 1.04 bits per heavy atom. The predicted molar refractivity (Wildman–Crippen MR) is 94.4 cm³/mol. The molecule has 0 aliphatic carbocycles. The van der Waals surface area contributed by atoms with Crippen LogP contribution in [0.4, 0.5) is 5.69 Å². The molecular formula is C20H24N2O. The third kappa shape index (κ3) is 3.09. The van der Waals surface area contributed by atoms with Crippen LogP contribution in [0.25, 0.3) is 0 Å². The third-order valence-corrected chi connectivity index (χ3v) is 4.41. The van der Waals surface area contributed by atoms with Crippen LogP contribution in [0, 0.1) is 5.92 Å². The molecule has 0 aromatic heterocycles. The Kier molecular flexibility index (Phi) is 4.12. The molecule has 0 bridgehead atoms. The van der Waals surface area contributed by atoms with Crippen LogP contribution in [0.2, 0.25) is 0 Å². The minimum absolute atomic E-state index is 0.0214. The minimum Gasteiger partial charge on any atom is -0.344 e. The van der Waals surface area contributed by atoms with E-state index in [1.54, 1.807) is 0 Å². The van der Waals surface area contributed by atoms with Crippen molar-refractivity contribution >= 4 is 11.6 Å². The van der Waals surface area contributed by atoms with Gasteiger partial charge in [-0.15, -0.1) is 0 Å². The second kappa shape index (κ2) is 6.07. The van der Waals surface area contributed by atoms with Crippen molar-refractivity contribution in [2.75, 3.05) is 4.90 Å². The first-order valence-electron chi connectivity index (χ1n) is 8.23. The molecule has 1 aliphatic rings. The molecule has 0 fully saturated rings. The van der Waals surface area contributed by atoms with Crippen LogP contribution in [0.3, 0.4) is 0 Å². The number of hydrogen-bond donors (Lipinski definition) is 1. The fourth-order valence-corrected chi connectivity index (χ4v) is 3.53. The van der Waals surface area contributed by atoms with E-state index < -0.39 is 0 Å². The molecule has 23 heavy (non-hydrogen) atoms. The number of para-hydroxylation sites is 1. The molecule has 0 saturated carbocycles. The van der Waals surface area contributed by atoms with E-state index in [4.69, 9.17) is 0 Å². The summed E-state index contributed by atoms with van der Waals surface area (Å²) in [4.78, 5) is 14.9. The van der Waals surface area contributed by atoms with Crippen LogP contribution in [-0.4, -0.2) is 11.6 Å². The van der Waals surface area contributed by atoms with Crippen LogP contribution in [0.15, 0.2) is 54.6 Å². The molecule has 1 atom stereocenters. The van der Waals surface area contributed by atoms with Gasteiger partial charge in [0.25, 0.3) is 5.91 Å². The lowest BCUT2D eigenvalue weighted by atomic mass is 9.91. The molecule has 120 valence electrons. The molecule has 1 unspecified atom stereocenters. The first kappa shape index (κ1) is 15.6. The fourth-order valence-electron chi connectivity index (χ4n) is 3.53. The summed E-state index contributed by atoms with van der Waals surface area (Å²) in [6.45, 7) is 7.29. The molecule has 1 N–H and O–H groups in total. The molecule has 1 amide bonds. The molecule has 3 nitrogen and oxygen atoms in total. The topological polar surface area (TPSA) is 32.3 Å². The lowest BCUT2D eigenvalue weighted by molar-refractivity contribution is 0.0873. The van der Waals surface area contributed by atoms with Crippen molar-refractivity contribution in [1.29, 1.82) is 0 Å². The van der Waals surface area contributed by atoms with E-state index in [1.807, 2.05) is 24.3 Å². The summed E-state index contributed by atoms with van der Waals surface area (Å²) < 4.78 is 0. The van der Waals surface area contributed by atoms with Crippen molar-refractivity contribution in [2.45, 2.75) is 39.4 Å². The summed E-state index contributed by atoms with van der Waals surface area (Å²) in [5, 5.41) is 3.24. The van der Waals surface area contributed by atoms with Gasteiger partial charge in [-0.3, -0.25) is 4.79 Å². The molecule has 1 aliphatic heterocycles. The van der Waals surface area contributed by atoms with Crippen molar-refractivity contribution in [1.82, 2.24) is 5.32 Å². The fraction of sp³-hybridized carbons (Fsp3) is 0.350. The number of nitrogens with zero attached hydrogens (tertiary/aromatic N) is 1. The average Bonchev–Trinajstić information content (AvgIpc) is 2.51. The number of carbonyl (C=O) groups is 1. The van der Waals surface area contributed by atoms with Gasteiger partial charge in [0, 0.05) is 6.54 Å². The highest BCUT2D eigenvalue weighted by Gasteiger charge is 2.40. The Hall–Kier alpha value is -2.29. The standard InChI is InChI=1S/C20H24N2O/c1-15(2)13-20(3)21-19(23)17-11-7-8-12-18(17)22(20)14-16-9-5-4-6-10-16/h4-12,15H,13-14H2,1-3H3,(H,21,23). The third-order valence-electron chi connectivity index (χ3n) is 4.41. The van der Waals surface area contributed by atoms with Gasteiger partial charge in [-0.05, 0) is 37.0 Å². The van der Waals surface area contributed by atoms with Gasteiger partial charge < -0.3 is 10.2 Å². The van der Waals surface area contributed by atoms with E-state index in [9.17, 15) is 4.79 Å². The van der Waals surface area contributed by atoms with Gasteiger partial charge in [0.15, 0.2) is 0 Å². The van der Waals surface area contributed by atoms with Gasteiger partial charge in [-0.1, -0.05) is 56.3 Å². The Balaban J connectivity index is 2.05. The highest BCUT2D eigenvalue weighted by molar-refractivity contribution is 6.02. The SMILES string of the molecule is CC(C)CC1(C)NC(=O)c2ccccc2N1Cc1ccccc1. The summed E-state index contributed by atoms with van der Waals surface area (Å²) in [6, 6.07) is 18.3. The molecule has 0 radical (unpaired) electrons. The van der Waals surface area contributed by atoms with E-state index in [1.165, 1.54) is 5.56 Å². The minimum atomic E-state index is -0.380. The zero-order chi connectivity index (χ0) is 16.4. The molecule has 0 spiro atoms. The van der Waals surface area contributed by atoms with Gasteiger partial charge in [-0.2, -0.15) is 0 Å². The first-order valence-corrected chi connectivity index (χ1v) is 8.23. The van der Waals surface area contributed by atoms with Gasteiger partial charge in [-0.25, -0.2) is 0 Å². The maximum atomic E-state index is 12.5. The van der Waals surface area contributed by atoms with Gasteiger partial charge in [0.1, 0.15) is 5.66 Å². The number of rotatable bonds is 4. The number of anilines is 1. The second-order valence-corrected chi connectivity index (χ2v) is 6.91. The average molecular weight is 308 g/mol. The van der Waals surface area contributed by atoms with E-state index in [2.05, 4.69) is 61.3 Å². The van der Waals surface area contributed by atoms with Gasteiger partial charge in [0.05, 0.1) is 11.3 Å². The van der Waals surface area contributed by atoms with Gasteiger partial charge >= 0.3 is 0 Å². The molecule has 2 aromatic carbocycles. The Morgan fingerprint density at radius 2 is 1.70 bits per heavy atom. The summed E-state index contributed by atoms with van der Waals surface area (Å²) in [6.07, 6.45) is 0.903. The number of hydrogen-bond acceptors (Lipinski definition) is 2. The zero-order valence-electron chi connectivity index (χ0n) is 14.0. The van der Waals surface area contributed by atoms with E-state index in [0.717, 1.165) is 24.2 Å².